The molecule has 0 spiro atoms. The Labute approximate surface area is 118 Å². The van der Waals surface area contributed by atoms with Crippen LogP contribution in [0.4, 0.5) is 0 Å². The SMILES string of the molecule is COC1c2ccccc2C(=O)[N+]1([O-])CCCCCCO. The number of hydrogen-bond donors (Lipinski definition) is 1. The van der Waals surface area contributed by atoms with E-state index in [9.17, 15) is 10.0 Å². The van der Waals surface area contributed by atoms with Gasteiger partial charge >= 0.3 is 5.91 Å². The molecule has 5 heteroatoms. The maximum Gasteiger partial charge on any atom is 0.348 e. The fourth-order valence-corrected chi connectivity index (χ4v) is 2.77. The van der Waals surface area contributed by atoms with Gasteiger partial charge in [0.15, 0.2) is 0 Å². The summed E-state index contributed by atoms with van der Waals surface area (Å²) in [6.45, 7) is 0.389. The first kappa shape index (κ1) is 15.1. The predicted octanol–water partition coefficient (Wildman–Crippen LogP) is 2.35. The quantitative estimate of drug-likeness (QED) is 0.472. The average molecular weight is 279 g/mol. The number of carbonyl (C=O) groups is 1. The van der Waals surface area contributed by atoms with Gasteiger partial charge in [0, 0.05) is 13.7 Å². The smallest absolute Gasteiger partial charge is 0.348 e. The van der Waals surface area contributed by atoms with E-state index < -0.39 is 16.8 Å². The maximum absolute atomic E-state index is 12.9. The normalized spacial score (nSPS) is 24.9. The van der Waals surface area contributed by atoms with Gasteiger partial charge in [0.2, 0.25) is 6.23 Å². The molecule has 1 N–H and O–H groups in total. The van der Waals surface area contributed by atoms with Crippen LogP contribution in [0, 0.1) is 5.21 Å². The molecule has 1 aromatic rings. The number of ether oxygens (including phenoxy) is 1. The second-order valence-electron chi connectivity index (χ2n) is 5.14. The summed E-state index contributed by atoms with van der Waals surface area (Å²) >= 11 is 0. The summed E-state index contributed by atoms with van der Waals surface area (Å²) in [4.78, 5) is 12.3. The Morgan fingerprint density at radius 1 is 1.25 bits per heavy atom. The van der Waals surface area contributed by atoms with Crippen molar-refractivity contribution < 1.29 is 19.3 Å². The molecule has 0 aromatic heterocycles. The van der Waals surface area contributed by atoms with Gasteiger partial charge in [-0.05, 0) is 31.4 Å². The first-order chi connectivity index (χ1) is 9.65. The molecule has 1 heterocycles. The van der Waals surface area contributed by atoms with Crippen LogP contribution < -0.4 is 0 Å². The van der Waals surface area contributed by atoms with Gasteiger partial charge in [-0.3, -0.25) is 4.65 Å². The van der Waals surface area contributed by atoms with Crippen molar-refractivity contribution in [1.82, 2.24) is 0 Å². The maximum atomic E-state index is 12.9. The highest BCUT2D eigenvalue weighted by Crippen LogP contribution is 2.40. The van der Waals surface area contributed by atoms with Crippen LogP contribution in [-0.4, -0.2) is 35.9 Å². The Morgan fingerprint density at radius 2 is 1.95 bits per heavy atom. The molecule has 20 heavy (non-hydrogen) atoms. The van der Waals surface area contributed by atoms with E-state index in [1.165, 1.54) is 7.11 Å². The molecule has 1 aliphatic heterocycles. The van der Waals surface area contributed by atoms with Crippen LogP contribution in [0.1, 0.15) is 47.8 Å². The second-order valence-corrected chi connectivity index (χ2v) is 5.14. The number of fused-ring (bicyclic) bond motifs is 1. The molecule has 0 saturated carbocycles. The molecule has 5 nitrogen and oxygen atoms in total. The highest BCUT2D eigenvalue weighted by atomic mass is 16.6. The van der Waals surface area contributed by atoms with Gasteiger partial charge in [0.1, 0.15) is 0 Å². The van der Waals surface area contributed by atoms with Crippen LogP contribution in [0.5, 0.6) is 0 Å². The molecule has 1 amide bonds. The third-order valence-corrected chi connectivity index (χ3v) is 3.80. The van der Waals surface area contributed by atoms with Crippen molar-refractivity contribution in [3.05, 3.63) is 40.6 Å². The lowest BCUT2D eigenvalue weighted by Crippen LogP contribution is -2.46. The van der Waals surface area contributed by atoms with Crippen LogP contribution in [0.25, 0.3) is 0 Å². The number of unbranched alkanes of at least 4 members (excludes halogenated alkanes) is 3. The van der Waals surface area contributed by atoms with Crippen LogP contribution in [-0.2, 0) is 4.74 Å². The minimum atomic E-state index is -0.949. The summed E-state index contributed by atoms with van der Waals surface area (Å²) in [5.74, 6) is -0.408. The zero-order valence-corrected chi connectivity index (χ0v) is 11.7. The van der Waals surface area contributed by atoms with E-state index in [1.54, 1.807) is 18.2 Å². The highest BCUT2D eigenvalue weighted by Gasteiger charge is 2.47. The van der Waals surface area contributed by atoms with Crippen LogP contribution in [0.3, 0.4) is 0 Å². The molecule has 2 rings (SSSR count). The second kappa shape index (κ2) is 6.45. The van der Waals surface area contributed by atoms with Crippen LogP contribution >= 0.6 is 0 Å². The number of amides is 1. The van der Waals surface area contributed by atoms with Gasteiger partial charge in [-0.1, -0.05) is 18.6 Å². The fraction of sp³-hybridized carbons (Fsp3) is 0.533. The fourth-order valence-electron chi connectivity index (χ4n) is 2.77. The predicted molar refractivity (Wildman–Crippen MR) is 74.6 cm³/mol. The average Bonchev–Trinajstić information content (AvgIpc) is 2.68. The van der Waals surface area contributed by atoms with Gasteiger partial charge in [-0.25, -0.2) is 4.79 Å². The van der Waals surface area contributed by atoms with Gasteiger partial charge in [-0.15, -0.1) is 0 Å². The summed E-state index contributed by atoms with van der Waals surface area (Å²) in [7, 11) is 1.47. The number of nitrogens with zero attached hydrogens (tertiary/aromatic N) is 1. The number of methoxy groups -OCH3 is 1. The standard InChI is InChI=1S/C15H21NO4/c1-20-15-13-9-5-4-8-12(13)14(18)16(15,19)10-6-2-3-7-11-17/h4-5,8-9,15,17H,2-3,6-7,10-11H2,1H3. The van der Waals surface area contributed by atoms with Gasteiger partial charge in [-0.2, -0.15) is 0 Å². The topological polar surface area (TPSA) is 69.6 Å². The molecule has 0 fully saturated rings. The molecule has 0 radical (unpaired) electrons. The zero-order chi connectivity index (χ0) is 14.6. The number of quaternary nitrogens is 1. The summed E-state index contributed by atoms with van der Waals surface area (Å²) in [6.07, 6.45) is 2.35. The molecule has 0 aliphatic carbocycles. The Morgan fingerprint density at radius 3 is 2.65 bits per heavy atom. The summed E-state index contributed by atoms with van der Waals surface area (Å²) < 4.78 is 4.35. The van der Waals surface area contributed by atoms with E-state index >= 15 is 0 Å². The molecule has 110 valence electrons. The largest absolute Gasteiger partial charge is 0.623 e. The van der Waals surface area contributed by atoms with E-state index in [-0.39, 0.29) is 13.2 Å². The minimum Gasteiger partial charge on any atom is -0.623 e. The first-order valence-electron chi connectivity index (χ1n) is 7.01. The molecular weight excluding hydrogens is 258 g/mol. The van der Waals surface area contributed by atoms with Crippen LogP contribution in [0.2, 0.25) is 0 Å². The number of benzene rings is 1. The summed E-state index contributed by atoms with van der Waals surface area (Å²) in [6, 6.07) is 7.05. The Balaban J connectivity index is 2.09. The van der Waals surface area contributed by atoms with Crippen molar-refractivity contribution in [2.45, 2.75) is 31.9 Å². The molecule has 0 saturated heterocycles. The summed E-state index contributed by atoms with van der Waals surface area (Å²) in [5.41, 5.74) is 1.16. The van der Waals surface area contributed by atoms with E-state index in [1.807, 2.05) is 6.07 Å². The Kier molecular flexibility index (Phi) is 4.88. The summed E-state index contributed by atoms with van der Waals surface area (Å²) in [5, 5.41) is 21.6. The van der Waals surface area contributed by atoms with Crippen molar-refractivity contribution in [3.8, 4) is 0 Å². The zero-order valence-electron chi connectivity index (χ0n) is 11.7. The molecular formula is C15H21NO4. The van der Waals surface area contributed by atoms with Crippen molar-refractivity contribution >= 4 is 5.91 Å². The van der Waals surface area contributed by atoms with Crippen LogP contribution in [0.15, 0.2) is 24.3 Å². The molecule has 1 aromatic carbocycles. The third kappa shape index (κ3) is 2.62. The van der Waals surface area contributed by atoms with Gasteiger partial charge in [0.05, 0.1) is 17.7 Å². The van der Waals surface area contributed by atoms with Crippen molar-refractivity contribution in [2.24, 2.45) is 0 Å². The Hall–Kier alpha value is -1.27. The third-order valence-electron chi connectivity index (χ3n) is 3.80. The van der Waals surface area contributed by atoms with E-state index in [0.29, 0.717) is 17.5 Å². The van der Waals surface area contributed by atoms with Crippen molar-refractivity contribution in [1.29, 1.82) is 0 Å². The minimum absolute atomic E-state index is 0.169. The van der Waals surface area contributed by atoms with Crippen molar-refractivity contribution in [2.75, 3.05) is 20.3 Å². The van der Waals surface area contributed by atoms with E-state index in [2.05, 4.69) is 0 Å². The van der Waals surface area contributed by atoms with Crippen molar-refractivity contribution in [3.63, 3.8) is 0 Å². The number of hydroxylamine groups is 3. The number of hydrogen-bond acceptors (Lipinski definition) is 4. The lowest BCUT2D eigenvalue weighted by atomic mass is 10.1. The molecule has 2 unspecified atom stereocenters. The number of aliphatic hydroxyl groups excluding tert-OH is 1. The molecule has 1 aliphatic rings. The number of rotatable bonds is 7. The number of aliphatic hydroxyl groups is 1. The van der Waals surface area contributed by atoms with Gasteiger partial charge in [0.25, 0.3) is 0 Å². The monoisotopic (exact) mass is 279 g/mol. The first-order valence-corrected chi connectivity index (χ1v) is 7.01. The molecule has 2 atom stereocenters. The number of carbonyl (C=O) groups excluding carboxylic acids is 1. The van der Waals surface area contributed by atoms with E-state index in [4.69, 9.17) is 9.84 Å². The Bertz CT molecular complexity index is 477. The molecule has 0 bridgehead atoms. The lowest BCUT2D eigenvalue weighted by molar-refractivity contribution is -0.854. The lowest BCUT2D eigenvalue weighted by Gasteiger charge is -2.40. The highest BCUT2D eigenvalue weighted by molar-refractivity contribution is 5.93. The van der Waals surface area contributed by atoms with E-state index in [0.717, 1.165) is 19.3 Å². The van der Waals surface area contributed by atoms with Gasteiger partial charge < -0.3 is 15.1 Å².